The fraction of sp³-hybridized carbons (Fsp3) is 0.688. The van der Waals surface area contributed by atoms with Crippen LogP contribution in [-0.4, -0.2) is 54.9 Å². The molecule has 3 heteroatoms. The van der Waals surface area contributed by atoms with Gasteiger partial charge < -0.3 is 4.90 Å². The molecule has 3 saturated heterocycles. The van der Waals surface area contributed by atoms with E-state index in [2.05, 4.69) is 41.2 Å². The summed E-state index contributed by atoms with van der Waals surface area (Å²) in [5, 5.41) is 0. The van der Waals surface area contributed by atoms with Gasteiger partial charge in [-0.05, 0) is 25.3 Å². The number of carbonyl (C=O) groups excluding carboxylic acids is 1. The maximum Gasteiger partial charge on any atom is 0.144 e. The molecule has 5 atom stereocenters. The van der Waals surface area contributed by atoms with Crippen LogP contribution >= 0.6 is 0 Å². The molecule has 0 amide bonds. The number of nitrogens with zero attached hydrogens (tertiary/aromatic N) is 2. The fourth-order valence-electron chi connectivity index (χ4n) is 4.62. The Labute approximate surface area is 114 Å². The van der Waals surface area contributed by atoms with Crippen LogP contribution in [0.4, 0.5) is 0 Å². The highest BCUT2D eigenvalue weighted by molar-refractivity contribution is 5.86. The van der Waals surface area contributed by atoms with Gasteiger partial charge in [0.2, 0.25) is 0 Å². The van der Waals surface area contributed by atoms with Gasteiger partial charge in [0.25, 0.3) is 0 Å². The third kappa shape index (κ3) is 1.83. The van der Waals surface area contributed by atoms with Gasteiger partial charge >= 0.3 is 0 Å². The number of piperidine rings is 3. The lowest BCUT2D eigenvalue weighted by Crippen LogP contribution is -2.64. The zero-order valence-corrected chi connectivity index (χ0v) is 11.5. The van der Waals surface area contributed by atoms with Gasteiger partial charge in [-0.25, -0.2) is 0 Å². The molecule has 0 saturated carbocycles. The van der Waals surface area contributed by atoms with E-state index >= 15 is 0 Å². The molecule has 0 N–H and O–H groups in total. The van der Waals surface area contributed by atoms with Crippen molar-refractivity contribution in [3.8, 4) is 0 Å². The van der Waals surface area contributed by atoms with Crippen molar-refractivity contribution < 1.29 is 4.79 Å². The Kier molecular flexibility index (Phi) is 2.68. The SMILES string of the molecule is CN1CC2CN3C[C@@H]4C=CC=C[C@H]4C[C@H]3[C@H](C1)C2=O. The molecule has 102 valence electrons. The number of likely N-dealkylation sites (tertiary alicyclic amines) is 1. The second-order valence-electron chi connectivity index (χ2n) is 6.78. The highest BCUT2D eigenvalue weighted by atomic mass is 16.1. The van der Waals surface area contributed by atoms with Crippen molar-refractivity contribution in [3.05, 3.63) is 24.3 Å². The fourth-order valence-corrected chi connectivity index (χ4v) is 4.62. The first-order chi connectivity index (χ1) is 9.22. The van der Waals surface area contributed by atoms with Crippen molar-refractivity contribution in [1.29, 1.82) is 0 Å². The predicted molar refractivity (Wildman–Crippen MR) is 74.7 cm³/mol. The Morgan fingerprint density at radius 1 is 1.05 bits per heavy atom. The molecular formula is C16H22N2O. The number of allylic oxidation sites excluding steroid dienone is 3. The first-order valence-corrected chi connectivity index (χ1v) is 7.53. The van der Waals surface area contributed by atoms with Crippen LogP contribution in [-0.2, 0) is 4.79 Å². The van der Waals surface area contributed by atoms with Crippen LogP contribution in [0.3, 0.4) is 0 Å². The number of hydrogen-bond donors (Lipinski definition) is 0. The zero-order chi connectivity index (χ0) is 13.0. The number of carbonyl (C=O) groups is 1. The van der Waals surface area contributed by atoms with Gasteiger partial charge in [0.1, 0.15) is 5.78 Å². The van der Waals surface area contributed by atoms with E-state index in [0.29, 0.717) is 23.7 Å². The number of ketones is 1. The van der Waals surface area contributed by atoms with E-state index < -0.39 is 0 Å². The summed E-state index contributed by atoms with van der Waals surface area (Å²) < 4.78 is 0. The summed E-state index contributed by atoms with van der Waals surface area (Å²) in [6.45, 7) is 4.07. The molecule has 0 aromatic rings. The summed E-state index contributed by atoms with van der Waals surface area (Å²) in [6.07, 6.45) is 10.2. The lowest BCUT2D eigenvalue weighted by molar-refractivity contribution is -0.144. The first-order valence-electron chi connectivity index (χ1n) is 7.53. The Bertz CT molecular complexity index is 456. The van der Waals surface area contributed by atoms with Crippen LogP contribution in [0.5, 0.6) is 0 Å². The van der Waals surface area contributed by atoms with Gasteiger partial charge in [-0.15, -0.1) is 0 Å². The van der Waals surface area contributed by atoms with Gasteiger partial charge in [-0.2, -0.15) is 0 Å². The van der Waals surface area contributed by atoms with E-state index in [-0.39, 0.29) is 11.8 Å². The van der Waals surface area contributed by atoms with E-state index in [9.17, 15) is 4.79 Å². The van der Waals surface area contributed by atoms with Gasteiger partial charge in [-0.1, -0.05) is 24.3 Å². The largest absolute Gasteiger partial charge is 0.305 e. The molecule has 1 aliphatic carbocycles. The number of hydrogen-bond acceptors (Lipinski definition) is 3. The van der Waals surface area contributed by atoms with E-state index in [1.807, 2.05) is 0 Å². The monoisotopic (exact) mass is 258 g/mol. The zero-order valence-electron chi connectivity index (χ0n) is 11.5. The van der Waals surface area contributed by atoms with E-state index in [1.54, 1.807) is 0 Å². The molecule has 2 bridgehead atoms. The topological polar surface area (TPSA) is 23.6 Å². The molecule has 3 heterocycles. The van der Waals surface area contributed by atoms with Gasteiger partial charge in [0.05, 0.1) is 0 Å². The average molecular weight is 258 g/mol. The number of fused-ring (bicyclic) bond motifs is 5. The van der Waals surface area contributed by atoms with Crippen LogP contribution in [0.1, 0.15) is 6.42 Å². The molecule has 0 aromatic carbocycles. The summed E-state index contributed by atoms with van der Waals surface area (Å²) in [4.78, 5) is 17.5. The molecule has 3 aliphatic heterocycles. The lowest BCUT2D eigenvalue weighted by atomic mass is 9.69. The molecule has 4 aliphatic rings. The van der Waals surface area contributed by atoms with Crippen LogP contribution in [0.2, 0.25) is 0 Å². The molecule has 1 unspecified atom stereocenters. The summed E-state index contributed by atoms with van der Waals surface area (Å²) in [5.74, 6) is 2.40. The van der Waals surface area contributed by atoms with Gasteiger partial charge in [-0.3, -0.25) is 9.69 Å². The van der Waals surface area contributed by atoms with Gasteiger partial charge in [0, 0.05) is 44.1 Å². The predicted octanol–water partition coefficient (Wildman–Crippen LogP) is 1.18. The Hall–Kier alpha value is -0.930. The second-order valence-corrected chi connectivity index (χ2v) is 6.78. The third-order valence-corrected chi connectivity index (χ3v) is 5.53. The maximum atomic E-state index is 12.5. The van der Waals surface area contributed by atoms with Crippen molar-refractivity contribution in [2.45, 2.75) is 12.5 Å². The quantitative estimate of drug-likeness (QED) is 0.652. The smallest absolute Gasteiger partial charge is 0.144 e. The Morgan fingerprint density at radius 2 is 1.84 bits per heavy atom. The third-order valence-electron chi connectivity index (χ3n) is 5.53. The first kappa shape index (κ1) is 11.9. The van der Waals surface area contributed by atoms with Crippen molar-refractivity contribution in [2.24, 2.45) is 23.7 Å². The Balaban J connectivity index is 1.61. The average Bonchev–Trinajstić information content (AvgIpc) is 2.40. The minimum atomic E-state index is 0.262. The number of Topliss-reactive ketones (excluding diaryl/α,β-unsaturated/α-hetero) is 1. The van der Waals surface area contributed by atoms with Crippen LogP contribution in [0, 0.1) is 23.7 Å². The summed E-state index contributed by atoms with van der Waals surface area (Å²) >= 11 is 0. The van der Waals surface area contributed by atoms with Crippen LogP contribution < -0.4 is 0 Å². The normalized spacial score (nSPS) is 45.9. The second kappa shape index (κ2) is 4.29. The Morgan fingerprint density at radius 3 is 2.68 bits per heavy atom. The van der Waals surface area contributed by atoms with Crippen molar-refractivity contribution in [3.63, 3.8) is 0 Å². The molecule has 3 fully saturated rings. The molecule has 0 spiro atoms. The van der Waals surface area contributed by atoms with Gasteiger partial charge in [0.15, 0.2) is 0 Å². The van der Waals surface area contributed by atoms with E-state index in [4.69, 9.17) is 0 Å². The number of rotatable bonds is 0. The highest BCUT2D eigenvalue weighted by Gasteiger charge is 2.49. The van der Waals surface area contributed by atoms with Crippen LogP contribution in [0.15, 0.2) is 24.3 Å². The van der Waals surface area contributed by atoms with Crippen molar-refractivity contribution in [1.82, 2.24) is 9.80 Å². The summed E-state index contributed by atoms with van der Waals surface area (Å²) in [7, 11) is 2.16. The minimum Gasteiger partial charge on any atom is -0.305 e. The standard InChI is InChI=1S/C16H22N2O/c1-17-7-13-9-18-8-12-5-3-2-4-11(12)6-15(18)14(10-17)16(13)19/h2-5,11-15H,6-10H2,1H3/t11-,12-,13?,14-,15-/m0/s1. The highest BCUT2D eigenvalue weighted by Crippen LogP contribution is 2.40. The molecule has 0 radical (unpaired) electrons. The van der Waals surface area contributed by atoms with E-state index in [0.717, 1.165) is 26.2 Å². The summed E-state index contributed by atoms with van der Waals surface area (Å²) in [5.41, 5.74) is 0. The van der Waals surface area contributed by atoms with Crippen molar-refractivity contribution in [2.75, 3.05) is 33.2 Å². The minimum absolute atomic E-state index is 0.262. The summed E-state index contributed by atoms with van der Waals surface area (Å²) in [6, 6.07) is 0.490. The van der Waals surface area contributed by atoms with E-state index in [1.165, 1.54) is 6.42 Å². The molecule has 3 nitrogen and oxygen atoms in total. The molecule has 0 aromatic heterocycles. The van der Waals surface area contributed by atoms with Crippen molar-refractivity contribution >= 4 is 5.78 Å². The molecule has 4 rings (SSSR count). The molecular weight excluding hydrogens is 236 g/mol. The molecule has 19 heavy (non-hydrogen) atoms. The van der Waals surface area contributed by atoms with Crippen LogP contribution in [0.25, 0.3) is 0 Å². The maximum absolute atomic E-state index is 12.5. The lowest BCUT2D eigenvalue weighted by Gasteiger charge is -2.53.